The van der Waals surface area contributed by atoms with E-state index in [0.29, 0.717) is 0 Å². The van der Waals surface area contributed by atoms with E-state index in [4.69, 9.17) is 0 Å². The molecule has 0 atom stereocenters. The Kier molecular flexibility index (Phi) is 3.65. The van der Waals surface area contributed by atoms with Gasteiger partial charge in [-0.3, -0.25) is 0 Å². The second-order valence-electron chi connectivity index (χ2n) is 4.08. The number of halogens is 1. The van der Waals surface area contributed by atoms with Crippen molar-refractivity contribution >= 4 is 37.9 Å². The maximum absolute atomic E-state index is 3.45. The van der Waals surface area contributed by atoms with Gasteiger partial charge in [-0.05, 0) is 0 Å². The maximum atomic E-state index is 3.45. The van der Waals surface area contributed by atoms with E-state index in [-0.39, 0.29) is 0 Å². The summed E-state index contributed by atoms with van der Waals surface area (Å²) in [5.41, 5.74) is 1.37. The van der Waals surface area contributed by atoms with Crippen molar-refractivity contribution in [1.29, 1.82) is 0 Å². The standard InChI is InChI=1S/C7H6Br.3CH3.Sn/c8-6-7-4-2-1-3-5-7;;;;/h2-5H,6H2;3*1H3;. The quantitative estimate of drug-likeness (QED) is 0.576. The molecule has 0 aliphatic heterocycles. The Balaban J connectivity index is 2.93. The van der Waals surface area contributed by atoms with Gasteiger partial charge >= 0.3 is 87.9 Å². The fourth-order valence-corrected chi connectivity index (χ4v) is 4.80. The van der Waals surface area contributed by atoms with Crippen LogP contribution in [0.2, 0.25) is 14.8 Å². The molecule has 0 N–H and O–H groups in total. The van der Waals surface area contributed by atoms with Gasteiger partial charge in [0.25, 0.3) is 0 Å². The van der Waals surface area contributed by atoms with E-state index in [1.54, 1.807) is 3.58 Å². The molecule has 66 valence electrons. The van der Waals surface area contributed by atoms with Crippen LogP contribution in [0.1, 0.15) is 5.56 Å². The van der Waals surface area contributed by atoms with Gasteiger partial charge in [0.1, 0.15) is 0 Å². The topological polar surface area (TPSA) is 0 Å². The molecule has 12 heavy (non-hydrogen) atoms. The zero-order valence-electron chi connectivity index (χ0n) is 7.89. The van der Waals surface area contributed by atoms with Crippen molar-refractivity contribution in [3.8, 4) is 0 Å². The third kappa shape index (κ3) is 2.77. The molecule has 2 heteroatoms. The molecule has 0 amide bonds. The van der Waals surface area contributed by atoms with Crippen LogP contribution in [0.4, 0.5) is 0 Å². The first-order chi connectivity index (χ1) is 5.54. The average molecular weight is 334 g/mol. The van der Waals surface area contributed by atoms with Crippen LogP contribution in [0.3, 0.4) is 0 Å². The van der Waals surface area contributed by atoms with Gasteiger partial charge in [-0.2, -0.15) is 0 Å². The summed E-state index contributed by atoms with van der Waals surface area (Å²) in [4.78, 5) is 7.33. The van der Waals surface area contributed by atoms with Crippen molar-refractivity contribution < 1.29 is 0 Å². The van der Waals surface area contributed by atoms with E-state index < -0.39 is 18.4 Å². The van der Waals surface area contributed by atoms with Gasteiger partial charge in [-0.1, -0.05) is 0 Å². The fourth-order valence-electron chi connectivity index (χ4n) is 1.09. The molecule has 0 unspecified atom stereocenters. The van der Waals surface area contributed by atoms with Crippen LogP contribution in [-0.2, 0) is 5.33 Å². The Morgan fingerprint density at radius 2 is 1.58 bits per heavy atom. The van der Waals surface area contributed by atoms with Crippen LogP contribution in [0.25, 0.3) is 0 Å². The zero-order valence-corrected chi connectivity index (χ0v) is 12.3. The van der Waals surface area contributed by atoms with E-state index in [2.05, 4.69) is 55.0 Å². The first kappa shape index (κ1) is 10.6. The Hall–Kier alpha value is 0.499. The summed E-state index contributed by atoms with van der Waals surface area (Å²) in [5.74, 6) is 0. The fraction of sp³-hybridized carbons (Fsp3) is 0.400. The van der Waals surface area contributed by atoms with Crippen molar-refractivity contribution in [3.63, 3.8) is 0 Å². The van der Waals surface area contributed by atoms with E-state index in [1.165, 1.54) is 5.56 Å². The van der Waals surface area contributed by atoms with Crippen molar-refractivity contribution in [2.45, 2.75) is 20.1 Å². The summed E-state index contributed by atoms with van der Waals surface area (Å²) < 4.78 is 1.61. The summed E-state index contributed by atoms with van der Waals surface area (Å²) in [6.45, 7) is 0. The van der Waals surface area contributed by atoms with Crippen molar-refractivity contribution in [2.24, 2.45) is 0 Å². The molecule has 0 bridgehead atoms. The number of benzene rings is 1. The van der Waals surface area contributed by atoms with Gasteiger partial charge in [0.2, 0.25) is 0 Å². The average Bonchev–Trinajstić information content (AvgIpc) is 2.03. The SMILES string of the molecule is [CH3][Sn]([CH3])([CH3])[c]1ccc(CBr)cc1. The number of rotatable bonds is 2. The molecule has 0 saturated heterocycles. The number of hydrogen-bond acceptors (Lipinski definition) is 0. The normalized spacial score (nSPS) is 11.7. The molecule has 0 aliphatic rings. The molecule has 1 rings (SSSR count). The second-order valence-corrected chi connectivity index (χ2v) is 19.1. The number of alkyl halides is 1. The molecular formula is C10H15BrSn. The Morgan fingerprint density at radius 1 is 1.08 bits per heavy atom. The van der Waals surface area contributed by atoms with E-state index in [0.717, 1.165) is 5.33 Å². The zero-order chi connectivity index (χ0) is 9.19. The number of hydrogen-bond donors (Lipinski definition) is 0. The van der Waals surface area contributed by atoms with Crippen molar-refractivity contribution in [3.05, 3.63) is 29.8 Å². The van der Waals surface area contributed by atoms with Crippen molar-refractivity contribution in [2.75, 3.05) is 0 Å². The predicted octanol–water partition coefficient (Wildman–Crippen LogP) is 3.13. The van der Waals surface area contributed by atoms with E-state index >= 15 is 0 Å². The molecule has 1 aromatic carbocycles. The summed E-state index contributed by atoms with van der Waals surface area (Å²) in [6, 6.07) is 9.05. The van der Waals surface area contributed by atoms with Gasteiger partial charge in [-0.15, -0.1) is 0 Å². The Labute approximate surface area is 87.4 Å². The molecule has 0 aliphatic carbocycles. The molecule has 0 aromatic heterocycles. The van der Waals surface area contributed by atoms with Crippen LogP contribution in [0.5, 0.6) is 0 Å². The van der Waals surface area contributed by atoms with Gasteiger partial charge in [0.15, 0.2) is 0 Å². The van der Waals surface area contributed by atoms with Gasteiger partial charge in [-0.25, -0.2) is 0 Å². The van der Waals surface area contributed by atoms with E-state index in [9.17, 15) is 0 Å². The molecule has 0 radical (unpaired) electrons. The molecule has 0 heterocycles. The van der Waals surface area contributed by atoms with Gasteiger partial charge < -0.3 is 0 Å². The molecule has 0 fully saturated rings. The second kappa shape index (κ2) is 4.14. The molecule has 0 spiro atoms. The first-order valence-electron chi connectivity index (χ1n) is 4.19. The third-order valence-electron chi connectivity index (χ3n) is 1.97. The van der Waals surface area contributed by atoms with Crippen LogP contribution in [0, 0.1) is 0 Å². The van der Waals surface area contributed by atoms with Crippen LogP contribution in [-0.4, -0.2) is 18.4 Å². The summed E-state index contributed by atoms with van der Waals surface area (Å²) in [6.07, 6.45) is 0. The Bertz CT molecular complexity index is 246. The first-order valence-corrected chi connectivity index (χ1v) is 15.3. The monoisotopic (exact) mass is 334 g/mol. The minimum atomic E-state index is -1.78. The molecular weight excluding hydrogens is 319 g/mol. The van der Waals surface area contributed by atoms with Gasteiger partial charge in [0, 0.05) is 0 Å². The Morgan fingerprint density at radius 3 is 1.92 bits per heavy atom. The molecule has 0 saturated carbocycles. The summed E-state index contributed by atoms with van der Waals surface area (Å²) in [5, 5.41) is 0.965. The minimum absolute atomic E-state index is 0.965. The van der Waals surface area contributed by atoms with Crippen LogP contribution < -0.4 is 3.58 Å². The van der Waals surface area contributed by atoms with Crippen LogP contribution >= 0.6 is 15.9 Å². The third-order valence-corrected chi connectivity index (χ3v) is 8.52. The van der Waals surface area contributed by atoms with Crippen LogP contribution in [0.15, 0.2) is 24.3 Å². The molecule has 1 aromatic rings. The van der Waals surface area contributed by atoms with E-state index in [1.807, 2.05) is 0 Å². The summed E-state index contributed by atoms with van der Waals surface area (Å²) >= 11 is 1.67. The predicted molar refractivity (Wildman–Crippen MR) is 62.1 cm³/mol. The molecule has 0 nitrogen and oxygen atoms in total. The van der Waals surface area contributed by atoms with Gasteiger partial charge in [0.05, 0.1) is 0 Å². The van der Waals surface area contributed by atoms with Crippen molar-refractivity contribution in [1.82, 2.24) is 0 Å². The summed E-state index contributed by atoms with van der Waals surface area (Å²) in [7, 11) is 0.